The van der Waals surface area contributed by atoms with E-state index in [4.69, 9.17) is 9.72 Å². The summed E-state index contributed by atoms with van der Waals surface area (Å²) >= 11 is 0. The SMILES string of the molecule is CN1C=CC(c2ccc(Cc3cc4c(=O)n(C5CCOCC5O)cnc4c4ccccc34)cc2)=CC1. The Hall–Kier alpha value is -3.74. The molecule has 0 aliphatic carbocycles. The molecule has 2 atom stereocenters. The summed E-state index contributed by atoms with van der Waals surface area (Å²) in [7, 11) is 2.07. The zero-order valence-electron chi connectivity index (χ0n) is 20.3. The third-order valence-corrected chi connectivity index (χ3v) is 7.32. The highest BCUT2D eigenvalue weighted by atomic mass is 16.5. The fourth-order valence-electron chi connectivity index (χ4n) is 5.30. The van der Waals surface area contributed by atoms with Crippen LogP contribution in [0.15, 0.2) is 84.1 Å². The lowest BCUT2D eigenvalue weighted by Gasteiger charge is -2.29. The number of benzene rings is 3. The molecule has 6 nitrogen and oxygen atoms in total. The Balaban J connectivity index is 1.40. The van der Waals surface area contributed by atoms with Gasteiger partial charge < -0.3 is 14.7 Å². The summed E-state index contributed by atoms with van der Waals surface area (Å²) in [6.45, 7) is 1.67. The third kappa shape index (κ3) is 4.12. The topological polar surface area (TPSA) is 67.6 Å². The molecule has 0 spiro atoms. The first-order valence-electron chi connectivity index (χ1n) is 12.4. The van der Waals surface area contributed by atoms with Gasteiger partial charge in [-0.3, -0.25) is 9.36 Å². The van der Waals surface area contributed by atoms with Gasteiger partial charge in [-0.25, -0.2) is 4.98 Å². The van der Waals surface area contributed by atoms with Crippen molar-refractivity contribution in [3.8, 4) is 0 Å². The van der Waals surface area contributed by atoms with Crippen LogP contribution in [0.25, 0.3) is 27.2 Å². The van der Waals surface area contributed by atoms with Gasteiger partial charge in [-0.1, -0.05) is 54.6 Å². The summed E-state index contributed by atoms with van der Waals surface area (Å²) in [6.07, 6.45) is 8.64. The molecule has 0 saturated carbocycles. The van der Waals surface area contributed by atoms with Gasteiger partial charge in [-0.05, 0) is 58.8 Å². The number of allylic oxidation sites excluding steroid dienone is 2. The third-order valence-electron chi connectivity index (χ3n) is 7.32. The molecule has 0 bridgehead atoms. The average molecular weight is 480 g/mol. The molecule has 6 heteroatoms. The highest BCUT2D eigenvalue weighted by Gasteiger charge is 2.27. The molecule has 2 unspecified atom stereocenters. The maximum atomic E-state index is 13.6. The minimum absolute atomic E-state index is 0.116. The number of hydrogen-bond donors (Lipinski definition) is 1. The van der Waals surface area contributed by atoms with Crippen LogP contribution in [0.2, 0.25) is 0 Å². The van der Waals surface area contributed by atoms with Crippen molar-refractivity contribution in [2.45, 2.75) is 25.0 Å². The van der Waals surface area contributed by atoms with E-state index < -0.39 is 6.10 Å². The van der Waals surface area contributed by atoms with Crippen molar-refractivity contribution >= 4 is 27.2 Å². The summed E-state index contributed by atoms with van der Waals surface area (Å²) in [4.78, 5) is 20.5. The van der Waals surface area contributed by atoms with Crippen molar-refractivity contribution in [1.82, 2.24) is 14.5 Å². The largest absolute Gasteiger partial charge is 0.389 e. The first kappa shape index (κ1) is 22.7. The molecule has 0 radical (unpaired) electrons. The second kappa shape index (κ2) is 9.37. The van der Waals surface area contributed by atoms with E-state index in [9.17, 15) is 9.90 Å². The van der Waals surface area contributed by atoms with Crippen molar-refractivity contribution in [2.24, 2.45) is 0 Å². The van der Waals surface area contributed by atoms with Crippen molar-refractivity contribution < 1.29 is 9.84 Å². The van der Waals surface area contributed by atoms with Crippen LogP contribution in [-0.4, -0.2) is 52.5 Å². The monoisotopic (exact) mass is 479 g/mol. The summed E-state index contributed by atoms with van der Waals surface area (Å²) in [5, 5.41) is 13.1. The van der Waals surface area contributed by atoms with Gasteiger partial charge in [0, 0.05) is 25.6 Å². The Labute approximate surface area is 209 Å². The summed E-state index contributed by atoms with van der Waals surface area (Å²) in [5.74, 6) is 0. The second-order valence-electron chi connectivity index (χ2n) is 9.72. The van der Waals surface area contributed by atoms with Crippen LogP contribution < -0.4 is 5.56 Å². The minimum atomic E-state index is -0.719. The van der Waals surface area contributed by atoms with Crippen molar-refractivity contribution in [3.05, 3.63) is 106 Å². The van der Waals surface area contributed by atoms with Crippen LogP contribution in [0, 0.1) is 0 Å². The zero-order valence-corrected chi connectivity index (χ0v) is 20.3. The normalized spacial score (nSPS) is 20.2. The molecule has 1 N–H and O–H groups in total. The molecule has 1 saturated heterocycles. The van der Waals surface area contributed by atoms with Gasteiger partial charge in [-0.2, -0.15) is 0 Å². The van der Waals surface area contributed by atoms with E-state index in [1.165, 1.54) is 16.7 Å². The van der Waals surface area contributed by atoms with Gasteiger partial charge in [0.05, 0.1) is 36.0 Å². The van der Waals surface area contributed by atoms with E-state index in [0.717, 1.165) is 22.9 Å². The Bertz CT molecular complexity index is 1550. The molecule has 3 heterocycles. The highest BCUT2D eigenvalue weighted by molar-refractivity contribution is 6.06. The number of aromatic nitrogens is 2. The fraction of sp³-hybridized carbons (Fsp3) is 0.267. The number of aliphatic hydroxyl groups excluding tert-OH is 1. The first-order valence-corrected chi connectivity index (χ1v) is 12.4. The Morgan fingerprint density at radius 3 is 2.64 bits per heavy atom. The standard InChI is InChI=1S/C30H29N3O3/c1-32-13-10-22(11-14-32)21-8-6-20(7-9-21)16-23-17-26-29(25-5-3-2-4-24(23)25)31-19-33(30(26)35)27-12-15-36-18-28(27)34/h2-11,13,17,19,27-28,34H,12,14-16,18H2,1H3. The molecular weight excluding hydrogens is 450 g/mol. The van der Waals surface area contributed by atoms with Gasteiger partial charge in [0.25, 0.3) is 5.56 Å². The Morgan fingerprint density at radius 1 is 1.08 bits per heavy atom. The molecule has 6 rings (SSSR count). The maximum absolute atomic E-state index is 13.6. The van der Waals surface area contributed by atoms with Crippen molar-refractivity contribution in [2.75, 3.05) is 26.8 Å². The quantitative estimate of drug-likeness (QED) is 0.442. The fourth-order valence-corrected chi connectivity index (χ4v) is 5.30. The Morgan fingerprint density at radius 2 is 1.89 bits per heavy atom. The van der Waals surface area contributed by atoms with Crippen LogP contribution >= 0.6 is 0 Å². The predicted octanol–water partition coefficient (Wildman–Crippen LogP) is 4.31. The van der Waals surface area contributed by atoms with Crippen molar-refractivity contribution in [1.29, 1.82) is 0 Å². The molecule has 2 aliphatic heterocycles. The van der Waals surface area contributed by atoms with E-state index in [-0.39, 0.29) is 18.2 Å². The lowest BCUT2D eigenvalue weighted by Crippen LogP contribution is -2.39. The number of aliphatic hydroxyl groups is 1. The van der Waals surface area contributed by atoms with Gasteiger partial charge >= 0.3 is 0 Å². The molecule has 1 fully saturated rings. The van der Waals surface area contributed by atoms with Crippen LogP contribution in [0.5, 0.6) is 0 Å². The number of ether oxygens (including phenoxy) is 1. The summed E-state index contributed by atoms with van der Waals surface area (Å²) in [5.41, 5.74) is 5.30. The van der Waals surface area contributed by atoms with Gasteiger partial charge in [0.2, 0.25) is 0 Å². The maximum Gasteiger partial charge on any atom is 0.261 e. The van der Waals surface area contributed by atoms with Crippen LogP contribution in [0.1, 0.15) is 29.2 Å². The number of fused-ring (bicyclic) bond motifs is 3. The van der Waals surface area contributed by atoms with Crippen LogP contribution in [-0.2, 0) is 11.2 Å². The lowest BCUT2D eigenvalue weighted by molar-refractivity contribution is -0.0395. The number of nitrogens with zero attached hydrogens (tertiary/aromatic N) is 3. The molecule has 182 valence electrons. The van der Waals surface area contributed by atoms with Gasteiger partial charge in [0.15, 0.2) is 0 Å². The van der Waals surface area contributed by atoms with Gasteiger partial charge in [0.1, 0.15) is 0 Å². The molecule has 36 heavy (non-hydrogen) atoms. The van der Waals surface area contributed by atoms with E-state index >= 15 is 0 Å². The Kier molecular flexibility index (Phi) is 5.91. The minimum Gasteiger partial charge on any atom is -0.389 e. The summed E-state index contributed by atoms with van der Waals surface area (Å²) in [6, 6.07) is 18.5. The highest BCUT2D eigenvalue weighted by Crippen LogP contribution is 2.29. The molecular formula is C30H29N3O3. The van der Waals surface area contributed by atoms with Crippen LogP contribution in [0.4, 0.5) is 0 Å². The van der Waals surface area contributed by atoms with E-state index in [1.54, 1.807) is 10.9 Å². The van der Waals surface area contributed by atoms with E-state index in [2.05, 4.69) is 60.6 Å². The summed E-state index contributed by atoms with van der Waals surface area (Å²) < 4.78 is 6.95. The first-order chi connectivity index (χ1) is 17.6. The number of likely N-dealkylation sites (N-methyl/N-ethyl adjacent to an activating group) is 1. The molecule has 1 aromatic heterocycles. The van der Waals surface area contributed by atoms with Gasteiger partial charge in [-0.15, -0.1) is 0 Å². The van der Waals surface area contributed by atoms with E-state index in [0.29, 0.717) is 30.4 Å². The van der Waals surface area contributed by atoms with E-state index in [1.807, 2.05) is 24.3 Å². The molecule has 3 aromatic carbocycles. The van der Waals surface area contributed by atoms with Crippen LogP contribution in [0.3, 0.4) is 0 Å². The zero-order chi connectivity index (χ0) is 24.6. The number of rotatable bonds is 4. The second-order valence-corrected chi connectivity index (χ2v) is 9.72. The smallest absolute Gasteiger partial charge is 0.261 e. The molecule has 2 aliphatic rings. The van der Waals surface area contributed by atoms with Crippen molar-refractivity contribution in [3.63, 3.8) is 0 Å². The molecule has 0 amide bonds. The molecule has 4 aromatic rings. The predicted molar refractivity (Wildman–Crippen MR) is 143 cm³/mol. The average Bonchev–Trinajstić information content (AvgIpc) is 2.91. The number of hydrogen-bond acceptors (Lipinski definition) is 5. The lowest BCUT2D eigenvalue weighted by atomic mass is 9.94.